The van der Waals surface area contributed by atoms with E-state index in [1.54, 1.807) is 99.9 Å². The number of rotatable bonds is 30. The first kappa shape index (κ1) is 109. The molecule has 1 amide bonds. The Bertz CT molecular complexity index is 6520. The molecule has 28 heteroatoms. The molecular formula is C112H122BBrN5NaO15S4Sn. The van der Waals surface area contributed by atoms with Crippen molar-refractivity contribution < 1.29 is 103 Å². The van der Waals surface area contributed by atoms with Crippen LogP contribution in [0, 0.1) is 11.3 Å². The predicted octanol–water partition coefficient (Wildman–Crippen LogP) is 27.9. The van der Waals surface area contributed by atoms with Crippen molar-refractivity contribution in [1.82, 2.24) is 0 Å². The number of aromatic carboxylic acids is 1. The van der Waals surface area contributed by atoms with E-state index in [1.807, 2.05) is 96.4 Å². The van der Waals surface area contributed by atoms with E-state index >= 15 is 0 Å². The number of amides is 1. The van der Waals surface area contributed by atoms with Crippen molar-refractivity contribution in [3.63, 3.8) is 0 Å². The summed E-state index contributed by atoms with van der Waals surface area (Å²) in [5, 5.41) is 52.8. The Balaban J connectivity index is 0.000000159. The number of ether oxygens (including phenoxy) is 7. The predicted molar refractivity (Wildman–Crippen MR) is 572 cm³/mol. The van der Waals surface area contributed by atoms with Crippen molar-refractivity contribution >= 4 is 162 Å². The maximum atomic E-state index is 13.7. The summed E-state index contributed by atoms with van der Waals surface area (Å²) in [5.74, 6) is 2.23. The standard InChI is InChI=1S/C38H34N2O3S.C21H20O3S.C20H18O3S.C13H15BrO3.C8H7BO2S.3C4H9.N3.Na.H2O.Sn/c39-24-25-6-5-7-27(20-25)34-23-30(15-17-36(34)43-32-10-3-4-11-32)40-38(41)29-14-16-35(42-31-8-1-2-9-31)33(21-29)28-13-12-26-18-19-44-37(26)22-28;1-23-21(22)16-8-9-19(24-17-4-2-3-5-17)18(12-16)15-7-6-14-10-11-25-20(14)13-15;21-20(22)15-7-8-18(23-16-3-1-2-4-16)17(11-15)14-6-5-13-9-10-24-19(13)12-14;1-16-13(15)9-6-7-12(11(14)8-9)17-10-4-2-3-5-10;10-9(11)7-2-1-6-3-4-12-8(6)5-7;3*1-3-4-2;1-3-2;;;/h5-7,12-23,31-32H,1-4,8-11H2,(H,40,41);6-13,17H,2-5H2,1H3;5-12,16H,1-4H2,(H,21,22);6-8,10H,2-5H2,1H3;1-5,10-11H;3*1,3-4H2,2H3;;;1H2;/q;;;;;;;;-1;+1;;+1/p-1. The summed E-state index contributed by atoms with van der Waals surface area (Å²) in [7, 11) is 1.42. The number of anilines is 1. The first-order chi connectivity index (χ1) is 67.3. The molecule has 0 saturated heterocycles. The molecular weight excluding hydrogens is 2020 g/mol. The molecule has 19 rings (SSSR count). The number of nitrogens with zero attached hydrogens (tertiary/aromatic N) is 4. The van der Waals surface area contributed by atoms with Gasteiger partial charge in [-0.15, -0.1) is 45.3 Å². The summed E-state index contributed by atoms with van der Waals surface area (Å²) >= 11 is 7.68. The molecule has 4 aromatic heterocycles. The van der Waals surface area contributed by atoms with Gasteiger partial charge in [0.15, 0.2) is 0 Å². The second-order valence-electron chi connectivity index (χ2n) is 35.9. The van der Waals surface area contributed by atoms with Gasteiger partial charge in [-0.2, -0.15) is 5.26 Å². The second-order valence-corrected chi connectivity index (χ2v) is 52.4. The molecule has 0 aliphatic heterocycles. The smallest absolute Gasteiger partial charge is 0.870 e. The molecule has 5 N–H and O–H groups in total. The van der Waals surface area contributed by atoms with Gasteiger partial charge >= 0.3 is 160 Å². The molecule has 5 aliphatic carbocycles. The quantitative estimate of drug-likeness (QED) is 0.0107. The SMILES string of the molecule is CCC[CH2][Sn]([CH2]CCC)([CH2]CCC)[N]=[N+]=[N-].COC(=O)c1ccc(OC2CCCC2)c(-c2ccc3ccsc3c2)c1.COC(=O)c1ccc(OC2CCCC2)c(Br)c1.N#Cc1cccc(-c2cc(NC(=O)c3ccc(OC4CCCC4)c(-c4ccc5ccsc5c4)c3)ccc2OC2CCCC2)c1.O=C(O)c1ccc(OC2CCCC2)c(-c2ccc3ccsc3c2)c1.OB(O)c1ccc2ccsc2c1.[Na+].[OH-]. The zero-order valence-corrected chi connectivity index (χ0v) is 90.3. The third-order valence-electron chi connectivity index (χ3n) is 26.1. The number of esters is 2. The van der Waals surface area contributed by atoms with Crippen LogP contribution < -0.4 is 64.0 Å². The molecule has 0 bridgehead atoms. The Morgan fingerprint density at radius 2 is 0.786 bits per heavy atom. The summed E-state index contributed by atoms with van der Waals surface area (Å²) in [4.78, 5) is 51.6. The van der Waals surface area contributed by atoms with Crippen LogP contribution in [0.1, 0.15) is 235 Å². The molecule has 0 unspecified atom stereocenters. The van der Waals surface area contributed by atoms with E-state index in [4.69, 9.17) is 44.0 Å². The number of fused-ring (bicyclic) bond motifs is 4. The van der Waals surface area contributed by atoms with Gasteiger partial charge in [0.05, 0.1) is 77.5 Å². The third-order valence-corrected chi connectivity index (χ3v) is 42.7. The molecule has 0 spiro atoms. The number of nitrogens with one attached hydrogen (secondary N) is 1. The number of azide groups is 1. The molecule has 14 aromatic rings. The molecule has 10 aromatic carbocycles. The summed E-state index contributed by atoms with van der Waals surface area (Å²) in [6, 6.07) is 70.0. The molecule has 5 aliphatic rings. The summed E-state index contributed by atoms with van der Waals surface area (Å²) in [5.41, 5.74) is 20.1. The van der Waals surface area contributed by atoms with Crippen molar-refractivity contribution in [2.75, 3.05) is 19.5 Å². The first-order valence-corrected chi connectivity index (χ1v) is 60.2. The van der Waals surface area contributed by atoms with Gasteiger partial charge in [-0.3, -0.25) is 4.79 Å². The zero-order chi connectivity index (χ0) is 96.7. The first-order valence-electron chi connectivity index (χ1n) is 48.5. The van der Waals surface area contributed by atoms with Crippen LogP contribution in [0.3, 0.4) is 0 Å². The number of methoxy groups -OCH3 is 2. The molecule has 20 nitrogen and oxygen atoms in total. The summed E-state index contributed by atoms with van der Waals surface area (Å²) in [6.07, 6.45) is 31.6. The average Bonchev–Trinajstić information content (AvgIpc) is 1.39. The minimum absolute atomic E-state index is 0. The van der Waals surface area contributed by atoms with Gasteiger partial charge in [0, 0.05) is 52.3 Å². The Labute approximate surface area is 872 Å². The maximum absolute atomic E-state index is 13.7. The molecule has 724 valence electrons. The van der Waals surface area contributed by atoms with Crippen LogP contribution >= 0.6 is 61.3 Å². The number of halogens is 1. The van der Waals surface area contributed by atoms with Crippen LogP contribution in [0.4, 0.5) is 5.69 Å². The topological polar surface area (TPSA) is 308 Å². The van der Waals surface area contributed by atoms with Crippen LogP contribution in [0.15, 0.2) is 242 Å². The van der Waals surface area contributed by atoms with Crippen LogP contribution in [0.25, 0.3) is 95.3 Å². The fourth-order valence-corrected chi connectivity index (χ4v) is 34.4. The van der Waals surface area contributed by atoms with Crippen LogP contribution in [0.5, 0.6) is 28.7 Å². The van der Waals surface area contributed by atoms with E-state index in [0.717, 1.165) is 152 Å². The number of unbranched alkanes of at least 4 members (excludes halogenated alkanes) is 3. The van der Waals surface area contributed by atoms with Crippen molar-refractivity contribution in [3.05, 3.63) is 277 Å². The number of benzene rings is 10. The normalized spacial score (nSPS) is 14.1. The minimum atomic E-state index is -2.45. The van der Waals surface area contributed by atoms with Gasteiger partial charge in [-0.05, 0) is 367 Å². The minimum Gasteiger partial charge on any atom is -0.870 e. The number of hydrogen-bond donors (Lipinski definition) is 4. The van der Waals surface area contributed by atoms with Gasteiger partial charge in [-0.1, -0.05) is 60.7 Å². The largest absolute Gasteiger partial charge is 1.00 e. The van der Waals surface area contributed by atoms with Crippen molar-refractivity contribution in [1.29, 1.82) is 5.26 Å². The number of carbonyl (C=O) groups is 4. The van der Waals surface area contributed by atoms with Gasteiger partial charge in [0.1, 0.15) is 28.7 Å². The van der Waals surface area contributed by atoms with E-state index in [9.17, 15) is 29.5 Å². The number of carboxylic acids is 1. The van der Waals surface area contributed by atoms with Crippen molar-refractivity contribution in [2.24, 2.45) is 3.34 Å². The van der Waals surface area contributed by atoms with Gasteiger partial charge < -0.3 is 59.1 Å². The fourth-order valence-electron chi connectivity index (χ4n) is 18.4. The molecule has 0 atom stereocenters. The summed E-state index contributed by atoms with van der Waals surface area (Å²) in [6.45, 7) is 6.69. The maximum Gasteiger partial charge on any atom is 1.00 e. The van der Waals surface area contributed by atoms with E-state index in [0.29, 0.717) is 39.5 Å². The fraction of sp³-hybridized carbons (Fsp3) is 0.348. The Morgan fingerprint density at radius 1 is 0.443 bits per heavy atom. The molecule has 5 saturated carbocycles. The monoisotopic (exact) mass is 2140 g/mol. The Kier molecular flexibility index (Phi) is 42.7. The Hall–Kier alpha value is -10.1. The van der Waals surface area contributed by atoms with E-state index in [1.165, 1.54) is 161 Å². The Morgan fingerprint density at radius 3 is 1.16 bits per heavy atom. The van der Waals surface area contributed by atoms with E-state index < -0.39 is 31.7 Å². The van der Waals surface area contributed by atoms with Crippen molar-refractivity contribution in [3.8, 4) is 79.3 Å². The van der Waals surface area contributed by atoms with Gasteiger partial charge in [0.2, 0.25) is 0 Å². The second kappa shape index (κ2) is 55.0. The van der Waals surface area contributed by atoms with Crippen LogP contribution in [-0.2, 0) is 9.47 Å². The molecule has 4 heterocycles. The number of thiophene rings is 4. The molecule has 5 fully saturated rings. The number of carbonyl (C=O) groups excluding carboxylic acids is 3. The van der Waals surface area contributed by atoms with Crippen LogP contribution in [-0.4, -0.2) is 115 Å². The number of hydrogen-bond acceptors (Lipinski definition) is 20. The molecule has 140 heavy (non-hydrogen) atoms. The zero-order valence-electron chi connectivity index (χ0n) is 80.6. The number of carboxylic acid groups (broad SMARTS) is 1. The molecule has 0 radical (unpaired) electrons. The summed E-state index contributed by atoms with van der Waals surface area (Å²) < 4.78 is 54.5. The van der Waals surface area contributed by atoms with Crippen molar-refractivity contribution in [2.45, 2.75) is 232 Å². The average molecular weight is 2140 g/mol. The van der Waals surface area contributed by atoms with Gasteiger partial charge in [-0.25, -0.2) is 14.4 Å². The van der Waals surface area contributed by atoms with E-state index in [-0.39, 0.29) is 82.9 Å². The van der Waals surface area contributed by atoms with Gasteiger partial charge in [0.25, 0.3) is 5.91 Å². The van der Waals surface area contributed by atoms with Crippen LogP contribution in [0.2, 0.25) is 13.3 Å². The third kappa shape index (κ3) is 30.3. The number of nitriles is 1. The van der Waals surface area contributed by atoms with E-state index in [2.05, 4.69) is 144 Å².